The van der Waals surface area contributed by atoms with Crippen LogP contribution in [-0.2, 0) is 9.59 Å². The Balaban J connectivity index is 2.49. The van der Waals surface area contributed by atoms with Crippen molar-refractivity contribution in [2.24, 2.45) is 5.92 Å². The van der Waals surface area contributed by atoms with E-state index < -0.39 is 5.54 Å². The van der Waals surface area contributed by atoms with Crippen LogP contribution in [0.4, 0.5) is 0 Å². The van der Waals surface area contributed by atoms with Crippen molar-refractivity contribution in [2.75, 3.05) is 6.54 Å². The second-order valence-electron chi connectivity index (χ2n) is 7.14. The van der Waals surface area contributed by atoms with Crippen molar-refractivity contribution in [3.63, 3.8) is 0 Å². The van der Waals surface area contributed by atoms with E-state index in [4.69, 9.17) is 0 Å². The summed E-state index contributed by atoms with van der Waals surface area (Å²) in [7, 11) is 0. The van der Waals surface area contributed by atoms with Crippen molar-refractivity contribution < 1.29 is 9.59 Å². The smallest absolute Gasteiger partial charge is 0.245 e. The summed E-state index contributed by atoms with van der Waals surface area (Å²) in [5, 5.41) is 5.68. The van der Waals surface area contributed by atoms with E-state index in [1.54, 1.807) is 0 Å². The van der Waals surface area contributed by atoms with Crippen LogP contribution in [0, 0.1) is 5.92 Å². The minimum Gasteiger partial charge on any atom is -0.354 e. The highest BCUT2D eigenvalue weighted by atomic mass is 32.1. The first-order valence-electron chi connectivity index (χ1n) is 9.21. The molecule has 0 aromatic carbocycles. The van der Waals surface area contributed by atoms with Gasteiger partial charge in [-0.25, -0.2) is 0 Å². The van der Waals surface area contributed by atoms with E-state index in [0.717, 1.165) is 38.5 Å². The third-order valence-corrected chi connectivity index (χ3v) is 5.55. The molecule has 2 amide bonds. The van der Waals surface area contributed by atoms with Gasteiger partial charge in [-0.2, -0.15) is 12.6 Å². The summed E-state index contributed by atoms with van der Waals surface area (Å²) in [5.74, 6) is 0.0184. The quantitative estimate of drug-likeness (QED) is 0.421. The van der Waals surface area contributed by atoms with Gasteiger partial charge in [0.1, 0.15) is 5.54 Å². The molecule has 1 atom stereocenters. The van der Waals surface area contributed by atoms with Crippen LogP contribution in [-0.4, -0.2) is 29.1 Å². The molecule has 0 spiro atoms. The molecule has 0 unspecified atom stereocenters. The van der Waals surface area contributed by atoms with E-state index in [0.29, 0.717) is 6.54 Å². The number of hydrogen-bond donors (Lipinski definition) is 3. The molecule has 0 bridgehead atoms. The zero-order chi connectivity index (χ0) is 17.3. The molecule has 0 aliphatic heterocycles. The summed E-state index contributed by atoms with van der Waals surface area (Å²) >= 11 is 4.37. The molecule has 5 heteroatoms. The molecular formula is C18H34N2O2S. The summed E-state index contributed by atoms with van der Waals surface area (Å²) < 4.78 is 0. The van der Waals surface area contributed by atoms with E-state index in [2.05, 4.69) is 30.2 Å². The van der Waals surface area contributed by atoms with Crippen LogP contribution in [0.5, 0.6) is 0 Å². The van der Waals surface area contributed by atoms with E-state index in [1.807, 2.05) is 13.8 Å². The van der Waals surface area contributed by atoms with Gasteiger partial charge in [-0.1, -0.05) is 59.3 Å². The van der Waals surface area contributed by atoms with Gasteiger partial charge in [0, 0.05) is 6.54 Å². The molecule has 23 heavy (non-hydrogen) atoms. The average molecular weight is 343 g/mol. The van der Waals surface area contributed by atoms with Crippen LogP contribution in [0.2, 0.25) is 0 Å². The molecule has 1 aliphatic carbocycles. The minimum atomic E-state index is -0.712. The van der Waals surface area contributed by atoms with Crippen molar-refractivity contribution in [2.45, 2.75) is 89.3 Å². The van der Waals surface area contributed by atoms with Crippen molar-refractivity contribution in [3.05, 3.63) is 0 Å². The summed E-state index contributed by atoms with van der Waals surface area (Å²) in [5.41, 5.74) is -0.712. The van der Waals surface area contributed by atoms with E-state index in [-0.39, 0.29) is 23.0 Å². The minimum absolute atomic E-state index is 0.0110. The van der Waals surface area contributed by atoms with Gasteiger partial charge >= 0.3 is 0 Å². The zero-order valence-corrected chi connectivity index (χ0v) is 15.9. The van der Waals surface area contributed by atoms with Gasteiger partial charge in [-0.05, 0) is 25.2 Å². The van der Waals surface area contributed by atoms with Crippen LogP contribution in [0.1, 0.15) is 78.6 Å². The number of thiol groups is 1. The number of nitrogens with one attached hydrogen (secondary N) is 2. The highest BCUT2D eigenvalue weighted by Gasteiger charge is 2.43. The fourth-order valence-electron chi connectivity index (χ4n) is 3.10. The van der Waals surface area contributed by atoms with Crippen molar-refractivity contribution in [1.82, 2.24) is 10.6 Å². The third kappa shape index (κ3) is 6.36. The van der Waals surface area contributed by atoms with Gasteiger partial charge < -0.3 is 10.6 Å². The molecule has 0 radical (unpaired) electrons. The number of carbonyl (C=O) groups is 2. The zero-order valence-electron chi connectivity index (χ0n) is 15.0. The fourth-order valence-corrected chi connectivity index (χ4v) is 3.16. The Labute approximate surface area is 147 Å². The van der Waals surface area contributed by atoms with Gasteiger partial charge in [0.25, 0.3) is 0 Å². The Morgan fingerprint density at radius 2 is 1.70 bits per heavy atom. The van der Waals surface area contributed by atoms with Gasteiger partial charge in [-0.3, -0.25) is 9.59 Å². The monoisotopic (exact) mass is 342 g/mol. The third-order valence-electron chi connectivity index (χ3n) is 4.72. The molecule has 0 aromatic heterocycles. The second kappa shape index (κ2) is 10.2. The standard InChI is InChI=1S/C18H34N2O2S/c1-4-5-6-7-10-13-19-17(22)18(11-8-9-12-18)20-16(21)15(23)14(2)3/h14-15,23H,4-13H2,1-3H3,(H,19,22)(H,20,21)/t15-/m0/s1. The topological polar surface area (TPSA) is 58.2 Å². The fraction of sp³-hybridized carbons (Fsp3) is 0.889. The Morgan fingerprint density at radius 3 is 2.26 bits per heavy atom. The predicted molar refractivity (Wildman–Crippen MR) is 98.7 cm³/mol. The molecule has 1 aliphatic rings. The molecule has 0 saturated heterocycles. The SMILES string of the molecule is CCCCCCCNC(=O)C1(NC(=O)[C@@H](S)C(C)C)CCCC1. The molecular weight excluding hydrogens is 308 g/mol. The lowest BCUT2D eigenvalue weighted by Gasteiger charge is -2.31. The van der Waals surface area contributed by atoms with Gasteiger partial charge in [0.05, 0.1) is 5.25 Å². The molecule has 1 fully saturated rings. The van der Waals surface area contributed by atoms with Crippen LogP contribution < -0.4 is 10.6 Å². The van der Waals surface area contributed by atoms with Crippen molar-refractivity contribution in [1.29, 1.82) is 0 Å². The van der Waals surface area contributed by atoms with E-state index in [9.17, 15) is 9.59 Å². The number of carbonyl (C=O) groups excluding carboxylic acids is 2. The predicted octanol–water partition coefficient (Wildman–Crippen LogP) is 3.46. The van der Waals surface area contributed by atoms with E-state index >= 15 is 0 Å². The number of unbranched alkanes of at least 4 members (excludes halogenated alkanes) is 4. The lowest BCUT2D eigenvalue weighted by molar-refractivity contribution is -0.133. The Hall–Kier alpha value is -0.710. The number of rotatable bonds is 10. The van der Waals surface area contributed by atoms with Crippen LogP contribution in [0.3, 0.4) is 0 Å². The second-order valence-corrected chi connectivity index (χ2v) is 7.69. The lowest BCUT2D eigenvalue weighted by Crippen LogP contribution is -2.59. The summed E-state index contributed by atoms with van der Waals surface area (Å²) in [6.07, 6.45) is 9.32. The first-order valence-corrected chi connectivity index (χ1v) is 9.73. The van der Waals surface area contributed by atoms with Crippen LogP contribution in [0.15, 0.2) is 0 Å². The Kier molecular flexibility index (Phi) is 9.03. The molecule has 1 rings (SSSR count). The first kappa shape index (κ1) is 20.3. The normalized spacial score (nSPS) is 18.0. The summed E-state index contributed by atoms with van der Waals surface area (Å²) in [4.78, 5) is 25.0. The number of hydrogen-bond acceptors (Lipinski definition) is 3. The number of amides is 2. The maximum atomic E-state index is 12.6. The maximum absolute atomic E-state index is 12.6. The highest BCUT2D eigenvalue weighted by molar-refractivity contribution is 7.81. The van der Waals surface area contributed by atoms with Gasteiger partial charge in [-0.15, -0.1) is 0 Å². The maximum Gasteiger partial charge on any atom is 0.245 e. The Morgan fingerprint density at radius 1 is 1.09 bits per heavy atom. The highest BCUT2D eigenvalue weighted by Crippen LogP contribution is 2.30. The largest absolute Gasteiger partial charge is 0.354 e. The Bertz CT molecular complexity index is 379. The summed E-state index contributed by atoms with van der Waals surface area (Å²) in [6.45, 7) is 6.83. The average Bonchev–Trinajstić information content (AvgIpc) is 2.99. The molecule has 2 N–H and O–H groups in total. The molecule has 1 saturated carbocycles. The van der Waals surface area contributed by atoms with Gasteiger partial charge in [0.2, 0.25) is 11.8 Å². The van der Waals surface area contributed by atoms with Crippen molar-refractivity contribution >= 4 is 24.4 Å². The van der Waals surface area contributed by atoms with Crippen molar-refractivity contribution in [3.8, 4) is 0 Å². The van der Waals surface area contributed by atoms with Crippen LogP contribution in [0.25, 0.3) is 0 Å². The van der Waals surface area contributed by atoms with Crippen LogP contribution >= 0.6 is 12.6 Å². The molecule has 0 aromatic rings. The molecule has 134 valence electrons. The molecule has 4 nitrogen and oxygen atoms in total. The first-order chi connectivity index (χ1) is 10.9. The molecule has 0 heterocycles. The summed E-state index contributed by atoms with van der Waals surface area (Å²) in [6, 6.07) is 0. The lowest BCUT2D eigenvalue weighted by atomic mass is 9.95. The van der Waals surface area contributed by atoms with Gasteiger partial charge in [0.15, 0.2) is 0 Å². The van der Waals surface area contributed by atoms with E-state index in [1.165, 1.54) is 19.3 Å².